The smallest absolute Gasteiger partial charge is 0.310 e. The van der Waals surface area contributed by atoms with E-state index < -0.39 is 39.4 Å². The van der Waals surface area contributed by atoms with Crippen molar-refractivity contribution in [2.45, 2.75) is 38.0 Å². The minimum atomic E-state index is -3.72. The van der Waals surface area contributed by atoms with Crippen LogP contribution in [0.3, 0.4) is 0 Å². The molecule has 9 nitrogen and oxygen atoms in total. The van der Waals surface area contributed by atoms with Crippen LogP contribution in [0.15, 0.2) is 60.9 Å². The second-order valence-corrected chi connectivity index (χ2v) is 11.5. The molecule has 0 spiro atoms. The van der Waals surface area contributed by atoms with E-state index in [2.05, 4.69) is 9.97 Å². The highest BCUT2D eigenvalue weighted by Crippen LogP contribution is 2.45. The number of carboxylic acid groups (broad SMARTS) is 1. The summed E-state index contributed by atoms with van der Waals surface area (Å²) in [5.41, 5.74) is 0.814. The van der Waals surface area contributed by atoms with Gasteiger partial charge in [-0.25, -0.2) is 22.8 Å². The van der Waals surface area contributed by atoms with Crippen molar-refractivity contribution >= 4 is 16.0 Å². The Morgan fingerprint density at radius 3 is 2.37 bits per heavy atom. The van der Waals surface area contributed by atoms with E-state index in [-0.39, 0.29) is 25.8 Å². The fraction of sp³-hybridized carbons (Fsp3) is 0.370. The number of rotatable bonds is 10. The van der Waals surface area contributed by atoms with Crippen LogP contribution in [0.2, 0.25) is 0 Å². The van der Waals surface area contributed by atoms with Crippen LogP contribution in [0.25, 0.3) is 11.4 Å². The van der Waals surface area contributed by atoms with E-state index in [1.54, 1.807) is 55.6 Å². The number of halogens is 1. The van der Waals surface area contributed by atoms with Gasteiger partial charge in [-0.1, -0.05) is 30.3 Å². The lowest BCUT2D eigenvalue weighted by Crippen LogP contribution is -2.44. The van der Waals surface area contributed by atoms with Crippen molar-refractivity contribution in [2.24, 2.45) is 5.41 Å². The summed E-state index contributed by atoms with van der Waals surface area (Å²) in [6.07, 6.45) is 2.99. The molecule has 3 atom stereocenters. The van der Waals surface area contributed by atoms with Crippen LogP contribution in [-0.2, 0) is 32.5 Å². The van der Waals surface area contributed by atoms with Crippen LogP contribution in [0.1, 0.15) is 24.0 Å². The second-order valence-electron chi connectivity index (χ2n) is 9.59. The Balaban J connectivity index is 1.64. The first-order valence-electron chi connectivity index (χ1n) is 12.0. The molecule has 11 heteroatoms. The van der Waals surface area contributed by atoms with Gasteiger partial charge in [0.25, 0.3) is 0 Å². The Morgan fingerprint density at radius 2 is 1.79 bits per heavy atom. The normalized spacial score (nSPS) is 21.5. The van der Waals surface area contributed by atoms with Gasteiger partial charge in [-0.2, -0.15) is 4.31 Å². The maximum absolute atomic E-state index is 13.3. The van der Waals surface area contributed by atoms with Gasteiger partial charge in [0.05, 0.1) is 43.3 Å². The molecule has 0 amide bonds. The third-order valence-electron chi connectivity index (χ3n) is 7.02. The Labute approximate surface area is 221 Å². The number of nitrogens with zero attached hydrogens (tertiary/aromatic N) is 3. The first-order valence-corrected chi connectivity index (χ1v) is 13.8. The molecule has 0 radical (unpaired) electrons. The van der Waals surface area contributed by atoms with Crippen LogP contribution in [0, 0.1) is 11.2 Å². The average Bonchev–Trinajstić information content (AvgIpc) is 3.27. The molecule has 1 aliphatic rings. The van der Waals surface area contributed by atoms with Crippen molar-refractivity contribution in [2.75, 3.05) is 20.5 Å². The number of hydrogen-bond donors (Lipinski definition) is 1. The fourth-order valence-electron chi connectivity index (χ4n) is 5.12. The van der Waals surface area contributed by atoms with Gasteiger partial charge in [0.15, 0.2) is 11.6 Å². The number of carbonyl (C=O) groups is 1. The maximum atomic E-state index is 13.3. The highest BCUT2D eigenvalue weighted by Gasteiger charge is 2.53. The number of methoxy groups -OCH3 is 2. The Kier molecular flexibility index (Phi) is 8.10. The highest BCUT2D eigenvalue weighted by atomic mass is 32.2. The van der Waals surface area contributed by atoms with Gasteiger partial charge in [-0.05, 0) is 48.6 Å². The first kappa shape index (κ1) is 27.6. The summed E-state index contributed by atoms with van der Waals surface area (Å²) in [5.74, 6) is -0.612. The third kappa shape index (κ3) is 6.01. The molecule has 2 aromatic carbocycles. The quantitative estimate of drug-likeness (QED) is 0.413. The minimum Gasteiger partial charge on any atom is -0.497 e. The minimum absolute atomic E-state index is 0.0699. The number of sulfonamides is 1. The average molecular weight is 544 g/mol. The Hall–Kier alpha value is -3.41. The molecule has 38 heavy (non-hydrogen) atoms. The molecule has 1 aromatic heterocycles. The maximum Gasteiger partial charge on any atom is 0.310 e. The van der Waals surface area contributed by atoms with E-state index in [0.717, 1.165) is 29.8 Å². The summed E-state index contributed by atoms with van der Waals surface area (Å²) in [7, 11) is -0.701. The summed E-state index contributed by atoms with van der Waals surface area (Å²) in [6.45, 7) is 0.0699. The number of ether oxygens (including phenoxy) is 2. The molecule has 4 rings (SSSR count). The molecule has 1 N–H and O–H groups in total. The van der Waals surface area contributed by atoms with Crippen molar-refractivity contribution < 1.29 is 32.2 Å². The van der Waals surface area contributed by atoms with Crippen molar-refractivity contribution in [1.82, 2.24) is 14.3 Å². The molecule has 0 saturated heterocycles. The van der Waals surface area contributed by atoms with E-state index in [1.807, 2.05) is 0 Å². The molecular formula is C27H30FN3O6S. The van der Waals surface area contributed by atoms with Gasteiger partial charge < -0.3 is 14.6 Å². The van der Waals surface area contributed by atoms with Gasteiger partial charge >= 0.3 is 5.97 Å². The zero-order valence-corrected chi connectivity index (χ0v) is 22.2. The molecule has 202 valence electrons. The molecule has 3 aromatic rings. The SMILES string of the molecule is COc1ccc(CN([C@@H]2C[C@@](Cc3cccc(-c4ncc(F)cn4)c3)(C(=O)O)C[C@@H]2OC)S(C)(=O)=O)cc1. The molecule has 0 bridgehead atoms. The predicted molar refractivity (Wildman–Crippen MR) is 138 cm³/mol. The summed E-state index contributed by atoms with van der Waals surface area (Å²) < 4.78 is 51.3. The molecule has 0 aliphatic heterocycles. The van der Waals surface area contributed by atoms with E-state index in [9.17, 15) is 22.7 Å². The summed E-state index contributed by atoms with van der Waals surface area (Å²) in [4.78, 5) is 20.7. The fourth-order valence-corrected chi connectivity index (χ4v) is 6.21. The van der Waals surface area contributed by atoms with E-state index in [1.165, 1.54) is 11.4 Å². The molecule has 1 fully saturated rings. The topological polar surface area (TPSA) is 119 Å². The summed E-state index contributed by atoms with van der Waals surface area (Å²) >= 11 is 0. The van der Waals surface area contributed by atoms with Crippen molar-refractivity contribution in [3.63, 3.8) is 0 Å². The van der Waals surface area contributed by atoms with Crippen LogP contribution in [-0.4, -0.2) is 66.4 Å². The monoisotopic (exact) mass is 543 g/mol. The standard InChI is InChI=1S/C27H30FN3O6S/c1-36-22-9-7-18(8-10-22)17-31(38(3,34)35)23-13-27(26(32)33,14-24(23)37-2)12-19-5-4-6-20(11-19)25-29-15-21(28)16-30-25/h4-11,15-16,23-24H,12-14,17H2,1-3H3,(H,32,33)/t23-,24+,27-/m1/s1. The number of aliphatic carboxylic acids is 1. The van der Waals surface area contributed by atoms with Crippen molar-refractivity contribution in [3.05, 3.63) is 77.9 Å². The van der Waals surface area contributed by atoms with Crippen LogP contribution in [0.5, 0.6) is 5.75 Å². The number of hydrogen-bond acceptors (Lipinski definition) is 7. The van der Waals surface area contributed by atoms with Gasteiger partial charge in [-0.15, -0.1) is 0 Å². The van der Waals surface area contributed by atoms with Crippen LogP contribution < -0.4 is 4.74 Å². The van der Waals surface area contributed by atoms with Crippen LogP contribution >= 0.6 is 0 Å². The van der Waals surface area contributed by atoms with Crippen LogP contribution in [0.4, 0.5) is 4.39 Å². The largest absolute Gasteiger partial charge is 0.497 e. The molecule has 1 aliphatic carbocycles. The zero-order valence-electron chi connectivity index (χ0n) is 21.4. The number of aromatic nitrogens is 2. The number of carboxylic acids is 1. The lowest BCUT2D eigenvalue weighted by molar-refractivity contribution is -0.149. The summed E-state index contributed by atoms with van der Waals surface area (Å²) in [5, 5.41) is 10.4. The first-order chi connectivity index (χ1) is 18.0. The lowest BCUT2D eigenvalue weighted by atomic mass is 9.79. The molecular weight excluding hydrogens is 513 g/mol. The van der Waals surface area contributed by atoms with E-state index in [0.29, 0.717) is 17.1 Å². The van der Waals surface area contributed by atoms with Gasteiger partial charge in [-0.3, -0.25) is 4.79 Å². The molecule has 1 saturated carbocycles. The zero-order chi connectivity index (χ0) is 27.5. The van der Waals surface area contributed by atoms with Crippen molar-refractivity contribution in [1.29, 1.82) is 0 Å². The third-order valence-corrected chi connectivity index (χ3v) is 8.27. The van der Waals surface area contributed by atoms with E-state index in [4.69, 9.17) is 9.47 Å². The highest BCUT2D eigenvalue weighted by molar-refractivity contribution is 7.88. The molecule has 0 unspecified atom stereocenters. The van der Waals surface area contributed by atoms with Crippen molar-refractivity contribution in [3.8, 4) is 17.1 Å². The lowest BCUT2D eigenvalue weighted by Gasteiger charge is -2.31. The summed E-state index contributed by atoms with van der Waals surface area (Å²) in [6, 6.07) is 13.5. The van der Waals surface area contributed by atoms with Gasteiger partial charge in [0.1, 0.15) is 5.75 Å². The number of benzene rings is 2. The van der Waals surface area contributed by atoms with E-state index >= 15 is 0 Å². The Bertz CT molecular complexity index is 1380. The second kappa shape index (κ2) is 11.1. The van der Waals surface area contributed by atoms with Gasteiger partial charge in [0, 0.05) is 19.2 Å². The van der Waals surface area contributed by atoms with Gasteiger partial charge in [0.2, 0.25) is 10.0 Å². The Morgan fingerprint density at radius 1 is 1.11 bits per heavy atom. The predicted octanol–water partition coefficient (Wildman–Crippen LogP) is 3.54. The molecule has 1 heterocycles.